The van der Waals surface area contributed by atoms with E-state index in [9.17, 15) is 4.79 Å². The molecule has 1 amide bonds. The molecule has 4 nitrogen and oxygen atoms in total. The van der Waals surface area contributed by atoms with Gasteiger partial charge >= 0.3 is 0 Å². The summed E-state index contributed by atoms with van der Waals surface area (Å²) < 4.78 is 0. The minimum atomic E-state index is -0.956. The molecule has 4 N–H and O–H groups in total. The van der Waals surface area contributed by atoms with Crippen LogP contribution >= 0.6 is 23.2 Å². The maximum atomic E-state index is 11.3. The normalized spacial score (nSPS) is 12.3. The number of rotatable bonds is 3. The number of nitrogens with one attached hydrogen (secondary N) is 1. The highest BCUT2D eigenvalue weighted by Gasteiger charge is 2.12. The zero-order valence-corrected chi connectivity index (χ0v) is 9.22. The van der Waals surface area contributed by atoms with Gasteiger partial charge in [-0.05, 0) is 18.2 Å². The van der Waals surface area contributed by atoms with E-state index in [-0.39, 0.29) is 0 Å². The van der Waals surface area contributed by atoms with Crippen molar-refractivity contribution in [3.8, 4) is 0 Å². The molecule has 0 heterocycles. The molecule has 0 radical (unpaired) electrons. The van der Waals surface area contributed by atoms with Crippen molar-refractivity contribution < 1.29 is 9.90 Å². The van der Waals surface area contributed by atoms with Gasteiger partial charge in [0.2, 0.25) is 5.91 Å². The van der Waals surface area contributed by atoms with E-state index in [0.717, 1.165) is 0 Å². The molecule has 0 aromatic heterocycles. The summed E-state index contributed by atoms with van der Waals surface area (Å²) in [6.07, 6.45) is 0. The quantitative estimate of drug-likeness (QED) is 0.754. The van der Waals surface area contributed by atoms with E-state index < -0.39 is 18.6 Å². The molecule has 1 rings (SSSR count). The van der Waals surface area contributed by atoms with Crippen LogP contribution in [0.15, 0.2) is 18.2 Å². The van der Waals surface area contributed by atoms with Crippen LogP contribution < -0.4 is 11.1 Å². The predicted molar refractivity (Wildman–Crippen MR) is 60.2 cm³/mol. The molecular formula is C9H10Cl2N2O2. The lowest BCUT2D eigenvalue weighted by Gasteiger charge is -2.09. The SMILES string of the molecule is NC(CO)C(=O)Nc1cc(Cl)cc(Cl)c1. The van der Waals surface area contributed by atoms with Gasteiger partial charge in [-0.3, -0.25) is 4.79 Å². The lowest BCUT2D eigenvalue weighted by atomic mass is 10.2. The lowest BCUT2D eigenvalue weighted by Crippen LogP contribution is -2.38. The zero-order valence-electron chi connectivity index (χ0n) is 7.71. The van der Waals surface area contributed by atoms with E-state index in [2.05, 4.69) is 5.32 Å². The van der Waals surface area contributed by atoms with Gasteiger partial charge < -0.3 is 16.2 Å². The summed E-state index contributed by atoms with van der Waals surface area (Å²) in [5.41, 5.74) is 5.76. The molecule has 82 valence electrons. The first-order chi connectivity index (χ1) is 7.02. The molecule has 0 bridgehead atoms. The summed E-state index contributed by atoms with van der Waals surface area (Å²) >= 11 is 11.5. The molecular weight excluding hydrogens is 239 g/mol. The predicted octanol–water partition coefficient (Wildman–Crippen LogP) is 1.25. The first kappa shape index (κ1) is 12.3. The van der Waals surface area contributed by atoms with Crippen LogP contribution in [0.25, 0.3) is 0 Å². The zero-order chi connectivity index (χ0) is 11.4. The molecule has 0 aliphatic carbocycles. The highest BCUT2D eigenvalue weighted by Crippen LogP contribution is 2.22. The van der Waals surface area contributed by atoms with Crippen molar-refractivity contribution in [2.24, 2.45) is 5.73 Å². The van der Waals surface area contributed by atoms with E-state index in [1.165, 1.54) is 12.1 Å². The van der Waals surface area contributed by atoms with Crippen LogP contribution in [-0.2, 0) is 4.79 Å². The second-order valence-electron chi connectivity index (χ2n) is 2.94. The molecule has 0 spiro atoms. The second kappa shape index (κ2) is 5.32. The number of aliphatic hydroxyl groups excluding tert-OH is 1. The molecule has 0 saturated carbocycles. The fourth-order valence-corrected chi connectivity index (χ4v) is 1.47. The average molecular weight is 249 g/mol. The highest BCUT2D eigenvalue weighted by atomic mass is 35.5. The van der Waals surface area contributed by atoms with Crippen LogP contribution in [0.2, 0.25) is 10.0 Å². The van der Waals surface area contributed by atoms with Crippen LogP contribution in [0.1, 0.15) is 0 Å². The van der Waals surface area contributed by atoms with Gasteiger partial charge in [0.1, 0.15) is 6.04 Å². The summed E-state index contributed by atoms with van der Waals surface area (Å²) in [6.45, 7) is -0.417. The standard InChI is InChI=1S/C9H10Cl2N2O2/c10-5-1-6(11)3-7(2-5)13-9(15)8(12)4-14/h1-3,8,14H,4,12H2,(H,13,15). The first-order valence-corrected chi connectivity index (χ1v) is 4.92. The summed E-state index contributed by atoms with van der Waals surface area (Å²) in [6, 6.07) is 3.66. The molecule has 0 saturated heterocycles. The van der Waals surface area contributed by atoms with Crippen LogP contribution in [0.3, 0.4) is 0 Å². The minimum absolute atomic E-state index is 0.412. The van der Waals surface area contributed by atoms with E-state index in [0.29, 0.717) is 15.7 Å². The average Bonchev–Trinajstić information content (AvgIpc) is 2.14. The number of halogens is 2. The van der Waals surface area contributed by atoms with Gasteiger partial charge in [-0.1, -0.05) is 23.2 Å². The molecule has 6 heteroatoms. The number of amides is 1. The Bertz CT molecular complexity index is 351. The molecule has 1 aromatic rings. The fraction of sp³-hybridized carbons (Fsp3) is 0.222. The lowest BCUT2D eigenvalue weighted by molar-refractivity contribution is -0.118. The summed E-state index contributed by atoms with van der Waals surface area (Å²) in [5.74, 6) is -0.490. The Kier molecular flexibility index (Phi) is 4.35. The molecule has 15 heavy (non-hydrogen) atoms. The Morgan fingerprint density at radius 3 is 2.40 bits per heavy atom. The molecule has 1 unspecified atom stereocenters. The van der Waals surface area contributed by atoms with Gasteiger partial charge in [0.15, 0.2) is 0 Å². The van der Waals surface area contributed by atoms with E-state index in [1.807, 2.05) is 0 Å². The number of benzene rings is 1. The Labute approximate surface area is 97.0 Å². The number of anilines is 1. The van der Waals surface area contributed by atoms with Crippen molar-refractivity contribution in [1.29, 1.82) is 0 Å². The second-order valence-corrected chi connectivity index (χ2v) is 3.81. The third kappa shape index (κ3) is 3.68. The van der Waals surface area contributed by atoms with Crippen LogP contribution in [0.4, 0.5) is 5.69 Å². The van der Waals surface area contributed by atoms with Crippen molar-refractivity contribution >= 4 is 34.8 Å². The molecule has 0 aliphatic heterocycles. The third-order valence-corrected chi connectivity index (χ3v) is 2.10. The minimum Gasteiger partial charge on any atom is -0.394 e. The van der Waals surface area contributed by atoms with Crippen molar-refractivity contribution in [2.75, 3.05) is 11.9 Å². The smallest absolute Gasteiger partial charge is 0.243 e. The van der Waals surface area contributed by atoms with E-state index in [1.54, 1.807) is 6.07 Å². The summed E-state index contributed by atoms with van der Waals surface area (Å²) in [7, 11) is 0. The topological polar surface area (TPSA) is 75.3 Å². The molecule has 1 atom stereocenters. The molecule has 0 fully saturated rings. The maximum Gasteiger partial charge on any atom is 0.243 e. The Morgan fingerprint density at radius 1 is 1.40 bits per heavy atom. The van der Waals surface area contributed by atoms with Crippen molar-refractivity contribution in [3.05, 3.63) is 28.2 Å². The Morgan fingerprint density at radius 2 is 1.93 bits per heavy atom. The van der Waals surface area contributed by atoms with E-state index >= 15 is 0 Å². The number of hydrogen-bond acceptors (Lipinski definition) is 3. The van der Waals surface area contributed by atoms with Crippen molar-refractivity contribution in [3.63, 3.8) is 0 Å². The number of nitrogens with two attached hydrogens (primary N) is 1. The summed E-state index contributed by atoms with van der Waals surface area (Å²) in [5, 5.41) is 12.0. The number of carbonyl (C=O) groups excluding carboxylic acids is 1. The summed E-state index contributed by atoms with van der Waals surface area (Å²) in [4.78, 5) is 11.3. The Balaban J connectivity index is 2.76. The van der Waals surface area contributed by atoms with Gasteiger partial charge in [0.25, 0.3) is 0 Å². The van der Waals surface area contributed by atoms with Gasteiger partial charge in [-0.25, -0.2) is 0 Å². The molecule has 0 aliphatic rings. The fourth-order valence-electron chi connectivity index (χ4n) is 0.944. The van der Waals surface area contributed by atoms with Crippen LogP contribution in [0.5, 0.6) is 0 Å². The largest absolute Gasteiger partial charge is 0.394 e. The van der Waals surface area contributed by atoms with Gasteiger partial charge in [0, 0.05) is 15.7 Å². The van der Waals surface area contributed by atoms with Crippen LogP contribution in [0, 0.1) is 0 Å². The number of aliphatic hydroxyl groups is 1. The number of carbonyl (C=O) groups is 1. The number of hydrogen-bond donors (Lipinski definition) is 3. The Hall–Kier alpha value is -0.810. The highest BCUT2D eigenvalue weighted by molar-refractivity contribution is 6.35. The monoisotopic (exact) mass is 248 g/mol. The van der Waals surface area contributed by atoms with Crippen LogP contribution in [-0.4, -0.2) is 23.7 Å². The maximum absolute atomic E-state index is 11.3. The van der Waals surface area contributed by atoms with Gasteiger partial charge in [-0.15, -0.1) is 0 Å². The van der Waals surface area contributed by atoms with Gasteiger partial charge in [-0.2, -0.15) is 0 Å². The molecule has 1 aromatic carbocycles. The van der Waals surface area contributed by atoms with E-state index in [4.69, 9.17) is 34.0 Å². The van der Waals surface area contributed by atoms with Crippen molar-refractivity contribution in [1.82, 2.24) is 0 Å². The van der Waals surface area contributed by atoms with Crippen molar-refractivity contribution in [2.45, 2.75) is 6.04 Å². The van der Waals surface area contributed by atoms with Gasteiger partial charge in [0.05, 0.1) is 6.61 Å². The third-order valence-electron chi connectivity index (χ3n) is 1.66. The first-order valence-electron chi connectivity index (χ1n) is 4.16.